The first-order valence-corrected chi connectivity index (χ1v) is 10.8. The van der Waals surface area contributed by atoms with Crippen molar-refractivity contribution in [1.82, 2.24) is 14.4 Å². The molecule has 0 amide bonds. The summed E-state index contributed by atoms with van der Waals surface area (Å²) in [5.74, 6) is -0.0708. The number of halogens is 1. The van der Waals surface area contributed by atoms with Crippen molar-refractivity contribution in [3.05, 3.63) is 23.0 Å². The Kier molecular flexibility index (Phi) is 5.02. The summed E-state index contributed by atoms with van der Waals surface area (Å²) < 4.78 is 2.35. The lowest BCUT2D eigenvalue weighted by atomic mass is 10.1. The van der Waals surface area contributed by atoms with Gasteiger partial charge in [0, 0.05) is 5.39 Å². The maximum atomic E-state index is 12.0. The van der Waals surface area contributed by atoms with E-state index in [0.29, 0.717) is 22.2 Å². The summed E-state index contributed by atoms with van der Waals surface area (Å²) in [5.41, 5.74) is 2.89. The van der Waals surface area contributed by atoms with Gasteiger partial charge in [-0.2, -0.15) is 0 Å². The Morgan fingerprint density at radius 3 is 2.04 bits per heavy atom. The monoisotopic (exact) mass is 351 g/mol. The lowest BCUT2D eigenvalue weighted by Crippen LogP contribution is -2.51. The molecule has 0 N–H and O–H groups in total. The fourth-order valence-corrected chi connectivity index (χ4v) is 11.3. The molecule has 6 heteroatoms. The third-order valence-electron chi connectivity index (χ3n) is 5.11. The smallest absolute Gasteiger partial charge is 0.171 e. The van der Waals surface area contributed by atoms with Gasteiger partial charge in [0.25, 0.3) is 0 Å². The van der Waals surface area contributed by atoms with Crippen molar-refractivity contribution in [1.29, 1.82) is 0 Å². The minimum absolute atomic E-state index is 0.0708. The maximum Gasteiger partial charge on any atom is 0.171 e. The molecule has 2 aromatic heterocycles. The van der Waals surface area contributed by atoms with E-state index in [-0.39, 0.29) is 10.9 Å². The van der Waals surface area contributed by atoms with Gasteiger partial charge >= 0.3 is 0 Å². The summed E-state index contributed by atoms with van der Waals surface area (Å²) in [7, 11) is -1.93. The standard InChI is InChI=1S/C17H26ClN3OSi/c1-10(2)23(11(3)4,12(5)6)21-9-8-14-15(13(7)22)16(18)19-20-17(14)21/h8-12H,1-7H3. The van der Waals surface area contributed by atoms with E-state index in [4.69, 9.17) is 11.6 Å². The second-order valence-electron chi connectivity index (χ2n) is 7.20. The van der Waals surface area contributed by atoms with Gasteiger partial charge < -0.3 is 4.23 Å². The number of fused-ring (bicyclic) bond motifs is 1. The van der Waals surface area contributed by atoms with Crippen molar-refractivity contribution < 1.29 is 4.79 Å². The molecule has 23 heavy (non-hydrogen) atoms. The topological polar surface area (TPSA) is 47.8 Å². The van der Waals surface area contributed by atoms with Crippen LogP contribution in [0.25, 0.3) is 11.0 Å². The molecule has 126 valence electrons. The van der Waals surface area contributed by atoms with Crippen molar-refractivity contribution in [2.45, 2.75) is 65.1 Å². The highest BCUT2D eigenvalue weighted by molar-refractivity contribution is 6.82. The van der Waals surface area contributed by atoms with Crippen LogP contribution in [-0.4, -0.2) is 28.4 Å². The lowest BCUT2D eigenvalue weighted by molar-refractivity contribution is 0.101. The first kappa shape index (κ1) is 18.1. The highest BCUT2D eigenvalue weighted by atomic mass is 35.5. The number of ketones is 1. The van der Waals surface area contributed by atoms with Crippen LogP contribution in [0.15, 0.2) is 12.3 Å². The average molecular weight is 352 g/mol. The van der Waals surface area contributed by atoms with Crippen molar-refractivity contribution in [2.75, 3.05) is 0 Å². The van der Waals surface area contributed by atoms with Crippen LogP contribution in [0.2, 0.25) is 21.8 Å². The second kappa shape index (κ2) is 6.36. The Morgan fingerprint density at radius 1 is 1.09 bits per heavy atom. The minimum Gasteiger partial charge on any atom is -0.357 e. The Balaban J connectivity index is 2.87. The minimum atomic E-state index is -1.93. The Morgan fingerprint density at radius 2 is 1.61 bits per heavy atom. The van der Waals surface area contributed by atoms with E-state index >= 15 is 0 Å². The molecule has 0 saturated carbocycles. The van der Waals surface area contributed by atoms with Gasteiger partial charge in [0.05, 0.1) is 5.56 Å². The summed E-state index contributed by atoms with van der Waals surface area (Å²) in [6.45, 7) is 15.3. The number of nitrogens with zero attached hydrogens (tertiary/aromatic N) is 3. The molecule has 0 saturated heterocycles. The number of Topliss-reactive ketones (excluding diaryl/α,β-unsaturated/α-hetero) is 1. The number of carbonyl (C=O) groups excluding carboxylic acids is 1. The molecule has 0 spiro atoms. The summed E-state index contributed by atoms with van der Waals surface area (Å²) in [6, 6.07) is 1.97. The second-order valence-corrected chi connectivity index (χ2v) is 13.3. The zero-order valence-corrected chi connectivity index (χ0v) is 16.8. The molecule has 2 heterocycles. The zero-order chi connectivity index (χ0) is 17.5. The number of aromatic nitrogens is 3. The molecule has 0 fully saturated rings. The summed E-state index contributed by atoms with van der Waals surface area (Å²) in [6.07, 6.45) is 2.09. The predicted octanol–water partition coefficient (Wildman–Crippen LogP) is 5.31. The molecule has 0 bridgehead atoms. The van der Waals surface area contributed by atoms with Crippen LogP contribution in [0, 0.1) is 0 Å². The third kappa shape index (κ3) is 2.64. The quantitative estimate of drug-likeness (QED) is 0.541. The van der Waals surface area contributed by atoms with Crippen molar-refractivity contribution >= 4 is 36.7 Å². The zero-order valence-electron chi connectivity index (χ0n) is 15.0. The van der Waals surface area contributed by atoms with Gasteiger partial charge in [-0.1, -0.05) is 53.1 Å². The Hall–Kier alpha value is -1.20. The fraction of sp³-hybridized carbons (Fsp3) is 0.588. The summed E-state index contributed by atoms with van der Waals surface area (Å²) in [4.78, 5) is 12.0. The number of rotatable bonds is 5. The molecular formula is C17H26ClN3OSi. The molecule has 0 atom stereocenters. The molecule has 0 radical (unpaired) electrons. The largest absolute Gasteiger partial charge is 0.357 e. The normalized spacial score (nSPS) is 12.8. The van der Waals surface area contributed by atoms with Gasteiger partial charge in [-0.25, -0.2) is 0 Å². The molecule has 4 nitrogen and oxygen atoms in total. The predicted molar refractivity (Wildman–Crippen MR) is 99.0 cm³/mol. The van der Waals surface area contributed by atoms with E-state index in [0.717, 1.165) is 11.0 Å². The van der Waals surface area contributed by atoms with Crippen molar-refractivity contribution in [2.24, 2.45) is 0 Å². The van der Waals surface area contributed by atoms with Crippen molar-refractivity contribution in [3.8, 4) is 0 Å². The van der Waals surface area contributed by atoms with Crippen LogP contribution in [0.5, 0.6) is 0 Å². The van der Waals surface area contributed by atoms with E-state index in [1.54, 1.807) is 0 Å². The molecule has 0 aliphatic carbocycles. The Labute approximate surface area is 144 Å². The van der Waals surface area contributed by atoms with Crippen LogP contribution in [0.4, 0.5) is 0 Å². The Bertz CT molecular complexity index is 715. The fourth-order valence-electron chi connectivity index (χ4n) is 4.46. The summed E-state index contributed by atoms with van der Waals surface area (Å²) in [5, 5.41) is 9.41. The number of hydrogen-bond acceptors (Lipinski definition) is 3. The van der Waals surface area contributed by atoms with E-state index in [1.165, 1.54) is 6.92 Å². The third-order valence-corrected chi connectivity index (χ3v) is 12.1. The molecule has 0 aliphatic heterocycles. The maximum absolute atomic E-state index is 12.0. The van der Waals surface area contributed by atoms with Crippen LogP contribution in [0.3, 0.4) is 0 Å². The lowest BCUT2D eigenvalue weighted by Gasteiger charge is -2.44. The SMILES string of the molecule is CC(=O)c1c(Cl)nnc2c1ccn2[Si](C(C)C)(C(C)C)C(C)C. The molecule has 2 rings (SSSR count). The van der Waals surface area contributed by atoms with Gasteiger partial charge in [-0.05, 0) is 35.8 Å². The van der Waals surface area contributed by atoms with E-state index in [2.05, 4.69) is 62.2 Å². The van der Waals surface area contributed by atoms with E-state index in [9.17, 15) is 4.79 Å². The molecule has 0 aromatic carbocycles. The van der Waals surface area contributed by atoms with Crippen LogP contribution >= 0.6 is 11.6 Å². The first-order chi connectivity index (χ1) is 10.7. The van der Waals surface area contributed by atoms with Gasteiger partial charge in [0.2, 0.25) is 0 Å². The van der Waals surface area contributed by atoms with E-state index in [1.807, 2.05) is 6.07 Å². The number of carbonyl (C=O) groups is 1. The van der Waals surface area contributed by atoms with Crippen molar-refractivity contribution in [3.63, 3.8) is 0 Å². The van der Waals surface area contributed by atoms with Crippen LogP contribution < -0.4 is 0 Å². The molecule has 0 unspecified atom stereocenters. The highest BCUT2D eigenvalue weighted by Gasteiger charge is 2.46. The van der Waals surface area contributed by atoms with Gasteiger partial charge in [-0.3, -0.25) is 4.79 Å². The highest BCUT2D eigenvalue weighted by Crippen LogP contribution is 2.44. The van der Waals surface area contributed by atoms with Gasteiger partial charge in [-0.15, -0.1) is 10.2 Å². The van der Waals surface area contributed by atoms with E-state index < -0.39 is 8.24 Å². The van der Waals surface area contributed by atoms with Gasteiger partial charge in [0.1, 0.15) is 0 Å². The number of hydrogen-bond donors (Lipinski definition) is 0. The van der Waals surface area contributed by atoms with Gasteiger partial charge in [0.15, 0.2) is 24.8 Å². The summed E-state index contributed by atoms with van der Waals surface area (Å²) >= 11 is 6.12. The average Bonchev–Trinajstić information content (AvgIpc) is 2.81. The first-order valence-electron chi connectivity index (χ1n) is 8.20. The van der Waals surface area contributed by atoms with Crippen LogP contribution in [0.1, 0.15) is 58.8 Å². The molecule has 2 aromatic rings. The van der Waals surface area contributed by atoms with Crippen LogP contribution in [-0.2, 0) is 0 Å². The molecule has 0 aliphatic rings. The molecular weight excluding hydrogens is 326 g/mol.